The first-order valence-corrected chi connectivity index (χ1v) is 13.3. The van der Waals surface area contributed by atoms with Gasteiger partial charge in [-0.2, -0.15) is 5.10 Å². The Bertz CT molecular complexity index is 1260. The SMILES string of the molecule is COc1cc(CCc2cc(NC(=O)c3ccc(N4CCN(C(=O)O)C(C(C)(C)C)C4)s3)[nH]n2)cc(OC)c1. The number of carboxylic acid groups (broad SMARTS) is 1. The summed E-state index contributed by atoms with van der Waals surface area (Å²) < 4.78 is 10.7. The van der Waals surface area contributed by atoms with Crippen molar-refractivity contribution in [1.82, 2.24) is 15.1 Å². The molecule has 204 valence electrons. The molecule has 1 aliphatic heterocycles. The summed E-state index contributed by atoms with van der Waals surface area (Å²) >= 11 is 1.40. The van der Waals surface area contributed by atoms with Gasteiger partial charge in [-0.25, -0.2) is 4.79 Å². The number of hydrogen-bond donors (Lipinski definition) is 3. The highest BCUT2D eigenvalue weighted by Crippen LogP contribution is 2.33. The van der Waals surface area contributed by atoms with E-state index in [1.165, 1.54) is 16.2 Å². The first-order chi connectivity index (χ1) is 18.1. The topological polar surface area (TPSA) is 120 Å². The van der Waals surface area contributed by atoms with E-state index < -0.39 is 6.09 Å². The van der Waals surface area contributed by atoms with Crippen molar-refractivity contribution in [3.8, 4) is 11.5 Å². The number of carbonyl (C=O) groups excluding carboxylic acids is 1. The number of anilines is 2. The van der Waals surface area contributed by atoms with Crippen molar-refractivity contribution >= 4 is 34.2 Å². The molecule has 0 spiro atoms. The molecule has 0 saturated carbocycles. The highest BCUT2D eigenvalue weighted by molar-refractivity contribution is 7.18. The van der Waals surface area contributed by atoms with Crippen LogP contribution in [-0.2, 0) is 12.8 Å². The number of hydrogen-bond acceptors (Lipinski definition) is 7. The summed E-state index contributed by atoms with van der Waals surface area (Å²) in [5, 5.41) is 20.7. The lowest BCUT2D eigenvalue weighted by Gasteiger charge is -2.46. The molecule has 0 bridgehead atoms. The van der Waals surface area contributed by atoms with Gasteiger partial charge in [0.25, 0.3) is 5.91 Å². The number of carbonyl (C=O) groups is 2. The van der Waals surface area contributed by atoms with E-state index in [0.717, 1.165) is 34.2 Å². The minimum absolute atomic E-state index is 0.144. The number of methoxy groups -OCH3 is 2. The van der Waals surface area contributed by atoms with Gasteiger partial charge in [-0.15, -0.1) is 11.3 Å². The minimum atomic E-state index is -0.891. The molecule has 1 fully saturated rings. The van der Waals surface area contributed by atoms with E-state index in [9.17, 15) is 14.7 Å². The molecule has 3 N–H and O–H groups in total. The standard InChI is InChI=1S/C27H35N5O5S/c1-27(2,3)22-16-31(10-11-32(22)26(34)35)24-9-8-21(38-24)25(33)28-23-14-18(29-30-23)7-6-17-12-19(36-4)15-20(13-17)37-5/h8-9,12-15,22H,6-7,10-11,16H2,1-5H3,(H,34,35)(H2,28,29,30,33). The number of aromatic nitrogens is 2. The number of aromatic amines is 1. The van der Waals surface area contributed by atoms with Crippen molar-refractivity contribution in [3.05, 3.63) is 52.5 Å². The number of thiophene rings is 1. The van der Waals surface area contributed by atoms with Crippen LogP contribution in [0.3, 0.4) is 0 Å². The van der Waals surface area contributed by atoms with Crippen molar-refractivity contribution in [2.45, 2.75) is 39.7 Å². The van der Waals surface area contributed by atoms with E-state index in [0.29, 0.717) is 36.8 Å². The fraction of sp³-hybridized carbons (Fsp3) is 0.444. The zero-order valence-electron chi connectivity index (χ0n) is 22.4. The molecule has 2 aromatic heterocycles. The zero-order chi connectivity index (χ0) is 27.4. The Kier molecular flexibility index (Phi) is 8.15. The van der Waals surface area contributed by atoms with Gasteiger partial charge in [0, 0.05) is 31.8 Å². The molecule has 38 heavy (non-hydrogen) atoms. The summed E-state index contributed by atoms with van der Waals surface area (Å²) in [6.45, 7) is 7.75. The monoisotopic (exact) mass is 541 g/mol. The highest BCUT2D eigenvalue weighted by atomic mass is 32.1. The molecule has 0 aliphatic carbocycles. The Morgan fingerprint density at radius 2 is 1.82 bits per heavy atom. The lowest BCUT2D eigenvalue weighted by molar-refractivity contribution is 0.0750. The summed E-state index contributed by atoms with van der Waals surface area (Å²) in [6.07, 6.45) is 0.534. The molecular weight excluding hydrogens is 506 g/mol. The minimum Gasteiger partial charge on any atom is -0.497 e. The van der Waals surface area contributed by atoms with Crippen LogP contribution in [0.1, 0.15) is 41.7 Å². The van der Waals surface area contributed by atoms with Gasteiger partial charge in [0.15, 0.2) is 0 Å². The average Bonchev–Trinajstić information content (AvgIpc) is 3.56. The highest BCUT2D eigenvalue weighted by Gasteiger charge is 2.38. The molecule has 1 unspecified atom stereocenters. The average molecular weight is 542 g/mol. The van der Waals surface area contributed by atoms with E-state index in [1.54, 1.807) is 20.3 Å². The molecule has 11 heteroatoms. The number of aryl methyl sites for hydroxylation is 2. The predicted octanol–water partition coefficient (Wildman–Crippen LogP) is 4.74. The third-order valence-electron chi connectivity index (χ3n) is 6.71. The van der Waals surface area contributed by atoms with Crippen molar-refractivity contribution in [2.24, 2.45) is 5.41 Å². The number of ether oxygens (including phenoxy) is 2. The van der Waals surface area contributed by atoms with Crippen LogP contribution in [0, 0.1) is 5.41 Å². The third kappa shape index (κ3) is 6.39. The van der Waals surface area contributed by atoms with Gasteiger partial charge in [0.05, 0.1) is 35.8 Å². The maximum atomic E-state index is 12.9. The van der Waals surface area contributed by atoms with Crippen LogP contribution in [0.4, 0.5) is 15.6 Å². The van der Waals surface area contributed by atoms with Crippen molar-refractivity contribution in [3.63, 3.8) is 0 Å². The maximum absolute atomic E-state index is 12.9. The van der Waals surface area contributed by atoms with Crippen LogP contribution in [0.5, 0.6) is 11.5 Å². The number of piperazine rings is 1. The maximum Gasteiger partial charge on any atom is 0.407 e. The van der Waals surface area contributed by atoms with Crippen molar-refractivity contribution < 1.29 is 24.2 Å². The predicted molar refractivity (Wildman–Crippen MR) is 148 cm³/mol. The number of benzene rings is 1. The second-order valence-corrected chi connectivity index (χ2v) is 11.5. The van der Waals surface area contributed by atoms with Crippen LogP contribution in [0.2, 0.25) is 0 Å². The summed E-state index contributed by atoms with van der Waals surface area (Å²) in [5.74, 6) is 1.79. The number of rotatable bonds is 8. The lowest BCUT2D eigenvalue weighted by Crippen LogP contribution is -2.59. The lowest BCUT2D eigenvalue weighted by atomic mass is 9.84. The third-order valence-corrected chi connectivity index (χ3v) is 7.86. The second kappa shape index (κ2) is 11.3. The number of nitrogens with zero attached hydrogens (tertiary/aromatic N) is 3. The molecule has 1 saturated heterocycles. The van der Waals surface area contributed by atoms with E-state index >= 15 is 0 Å². The van der Waals surface area contributed by atoms with Crippen LogP contribution in [0.25, 0.3) is 0 Å². The van der Waals surface area contributed by atoms with Crippen LogP contribution < -0.4 is 19.7 Å². The van der Waals surface area contributed by atoms with Gasteiger partial charge >= 0.3 is 6.09 Å². The summed E-state index contributed by atoms with van der Waals surface area (Å²) in [6, 6.07) is 11.2. The van der Waals surface area contributed by atoms with Crippen LogP contribution in [0.15, 0.2) is 36.4 Å². The van der Waals surface area contributed by atoms with Gasteiger partial charge < -0.3 is 29.7 Å². The smallest absolute Gasteiger partial charge is 0.407 e. The number of nitrogens with one attached hydrogen (secondary N) is 2. The molecule has 4 rings (SSSR count). The fourth-order valence-electron chi connectivity index (χ4n) is 4.60. The first kappa shape index (κ1) is 27.3. The zero-order valence-corrected chi connectivity index (χ0v) is 23.2. The molecule has 1 aromatic carbocycles. The Morgan fingerprint density at radius 1 is 1.11 bits per heavy atom. The van der Waals surface area contributed by atoms with E-state index in [1.807, 2.05) is 30.3 Å². The summed E-state index contributed by atoms with van der Waals surface area (Å²) in [4.78, 5) is 28.9. The molecular formula is C27H35N5O5S. The van der Waals surface area contributed by atoms with Gasteiger partial charge in [0.2, 0.25) is 0 Å². The molecule has 1 atom stereocenters. The Hall–Kier alpha value is -3.73. The Balaban J connectivity index is 1.36. The van der Waals surface area contributed by atoms with E-state index in [-0.39, 0.29) is 17.4 Å². The molecule has 0 radical (unpaired) electrons. The van der Waals surface area contributed by atoms with Gasteiger partial charge in [-0.1, -0.05) is 20.8 Å². The van der Waals surface area contributed by atoms with E-state index in [2.05, 4.69) is 41.2 Å². The first-order valence-electron chi connectivity index (χ1n) is 12.5. The van der Waals surface area contributed by atoms with Gasteiger partial charge in [0.1, 0.15) is 17.3 Å². The fourth-order valence-corrected chi connectivity index (χ4v) is 5.53. The Morgan fingerprint density at radius 3 is 2.45 bits per heavy atom. The number of H-pyrrole nitrogens is 1. The van der Waals surface area contributed by atoms with Crippen molar-refractivity contribution in [2.75, 3.05) is 44.1 Å². The molecule has 1 aliphatic rings. The molecule has 2 amide bonds. The van der Waals surface area contributed by atoms with Crippen molar-refractivity contribution in [1.29, 1.82) is 0 Å². The largest absolute Gasteiger partial charge is 0.497 e. The normalized spacial score (nSPS) is 15.9. The van der Waals surface area contributed by atoms with Gasteiger partial charge in [-0.3, -0.25) is 9.89 Å². The van der Waals surface area contributed by atoms with Gasteiger partial charge in [-0.05, 0) is 48.1 Å². The summed E-state index contributed by atoms with van der Waals surface area (Å²) in [5.41, 5.74) is 1.70. The molecule has 3 aromatic rings. The summed E-state index contributed by atoms with van der Waals surface area (Å²) in [7, 11) is 3.25. The van der Waals surface area contributed by atoms with E-state index in [4.69, 9.17) is 9.47 Å². The molecule has 10 nitrogen and oxygen atoms in total. The van der Waals surface area contributed by atoms with Crippen LogP contribution >= 0.6 is 11.3 Å². The number of amides is 2. The second-order valence-electron chi connectivity index (χ2n) is 10.4. The Labute approximate surface area is 226 Å². The van der Waals surface area contributed by atoms with Crippen LogP contribution in [-0.4, -0.2) is 72.1 Å². The quantitative estimate of drug-likeness (QED) is 0.377. The molecule has 3 heterocycles.